The Balaban J connectivity index is 0.00000169. The van der Waals surface area contributed by atoms with E-state index in [0.29, 0.717) is 0 Å². The van der Waals surface area contributed by atoms with E-state index in [1.165, 1.54) is 0 Å². The lowest BCUT2D eigenvalue weighted by Crippen LogP contribution is -2.59. The van der Waals surface area contributed by atoms with E-state index in [4.69, 9.17) is 9.47 Å². The summed E-state index contributed by atoms with van der Waals surface area (Å²) in [5, 5.41) is 3.30. The van der Waals surface area contributed by atoms with Crippen LogP contribution in [0.4, 0.5) is 5.69 Å². The first-order valence-electron chi connectivity index (χ1n) is 8.63. The predicted octanol–water partition coefficient (Wildman–Crippen LogP) is 1.96. The molecule has 8 heteroatoms. The van der Waals surface area contributed by atoms with Crippen LogP contribution in [0, 0.1) is 0 Å². The van der Waals surface area contributed by atoms with Crippen molar-refractivity contribution in [2.24, 2.45) is 0 Å². The van der Waals surface area contributed by atoms with Crippen molar-refractivity contribution < 1.29 is 14.3 Å². The number of carbonyl (C=O) groups excluding carboxylic acids is 1. The first-order valence-corrected chi connectivity index (χ1v) is 8.63. The molecule has 2 aliphatic rings. The number of nitrogens with zero attached hydrogens (tertiary/aromatic N) is 2. The normalized spacial score (nSPS) is 19.2. The van der Waals surface area contributed by atoms with Crippen LogP contribution in [0.25, 0.3) is 0 Å². The van der Waals surface area contributed by atoms with Crippen molar-refractivity contribution in [2.75, 3.05) is 58.4 Å². The first kappa shape index (κ1) is 22.8. The molecule has 148 valence electrons. The number of piperazine rings is 1. The number of nitrogens with one attached hydrogen (secondary N) is 1. The third-order valence-corrected chi connectivity index (χ3v) is 5.18. The highest BCUT2D eigenvalue weighted by atomic mass is 35.5. The number of benzene rings is 1. The van der Waals surface area contributed by atoms with Gasteiger partial charge in [-0.15, -0.1) is 24.8 Å². The van der Waals surface area contributed by atoms with Gasteiger partial charge in [0.1, 0.15) is 11.4 Å². The van der Waals surface area contributed by atoms with Gasteiger partial charge in [0, 0.05) is 45.0 Å². The summed E-state index contributed by atoms with van der Waals surface area (Å²) in [6.07, 6.45) is 1.50. The number of amides is 1. The first-order chi connectivity index (χ1) is 11.7. The Morgan fingerprint density at radius 3 is 2.31 bits per heavy atom. The second-order valence-corrected chi connectivity index (χ2v) is 6.43. The Kier molecular flexibility index (Phi) is 8.96. The largest absolute Gasteiger partial charge is 0.497 e. The standard InChI is InChI=1S/C18H27N3O3.2ClH/c1-23-16-5-3-4-15(14-16)20-10-12-21(13-11-20)17(22)18(24-2)6-8-19-9-7-18;;/h3-5,14,19H,6-13H2,1-2H3;2*1H. The van der Waals surface area contributed by atoms with Crippen LogP contribution in [0.1, 0.15) is 12.8 Å². The molecule has 0 saturated carbocycles. The average Bonchev–Trinajstić information content (AvgIpc) is 2.68. The minimum Gasteiger partial charge on any atom is -0.497 e. The van der Waals surface area contributed by atoms with Gasteiger partial charge in [-0.2, -0.15) is 0 Å². The topological polar surface area (TPSA) is 54.0 Å². The van der Waals surface area contributed by atoms with Crippen LogP contribution in [-0.2, 0) is 9.53 Å². The van der Waals surface area contributed by atoms with Gasteiger partial charge in [0.15, 0.2) is 0 Å². The van der Waals surface area contributed by atoms with Crippen molar-refractivity contribution in [1.29, 1.82) is 0 Å². The van der Waals surface area contributed by atoms with Crippen molar-refractivity contribution in [2.45, 2.75) is 18.4 Å². The van der Waals surface area contributed by atoms with Gasteiger partial charge in [0.25, 0.3) is 5.91 Å². The zero-order valence-electron chi connectivity index (χ0n) is 15.4. The fraction of sp³-hybridized carbons (Fsp3) is 0.611. The molecule has 1 N–H and O–H groups in total. The molecule has 26 heavy (non-hydrogen) atoms. The quantitative estimate of drug-likeness (QED) is 0.829. The monoisotopic (exact) mass is 405 g/mol. The van der Waals surface area contributed by atoms with Crippen molar-refractivity contribution in [3.05, 3.63) is 24.3 Å². The summed E-state index contributed by atoms with van der Waals surface area (Å²) in [5.41, 5.74) is 0.508. The number of rotatable bonds is 4. The van der Waals surface area contributed by atoms with Crippen LogP contribution < -0.4 is 15.0 Å². The lowest BCUT2D eigenvalue weighted by atomic mass is 9.90. The summed E-state index contributed by atoms with van der Waals surface area (Å²) in [6.45, 7) is 4.80. The number of ether oxygens (including phenoxy) is 2. The van der Waals surface area contributed by atoms with Gasteiger partial charge in [-0.1, -0.05) is 6.07 Å². The summed E-state index contributed by atoms with van der Waals surface area (Å²) in [7, 11) is 3.34. The molecular formula is C18H29Cl2N3O3. The second kappa shape index (κ2) is 10.2. The molecule has 2 fully saturated rings. The fourth-order valence-corrected chi connectivity index (χ4v) is 3.60. The SMILES string of the molecule is COc1cccc(N2CCN(C(=O)C3(OC)CCNCC3)CC2)c1.Cl.Cl. The molecule has 0 spiro atoms. The molecule has 0 unspecified atom stereocenters. The summed E-state index contributed by atoms with van der Waals surface area (Å²) >= 11 is 0. The molecule has 2 aliphatic heterocycles. The molecule has 0 atom stereocenters. The molecule has 1 aromatic carbocycles. The van der Waals surface area contributed by atoms with E-state index in [2.05, 4.69) is 16.3 Å². The van der Waals surface area contributed by atoms with Gasteiger partial charge < -0.3 is 24.6 Å². The maximum absolute atomic E-state index is 13.0. The van der Waals surface area contributed by atoms with Gasteiger partial charge in [-0.05, 0) is 38.1 Å². The van der Waals surface area contributed by atoms with Crippen molar-refractivity contribution in [1.82, 2.24) is 10.2 Å². The van der Waals surface area contributed by atoms with E-state index in [9.17, 15) is 4.79 Å². The van der Waals surface area contributed by atoms with Crippen LogP contribution in [-0.4, -0.2) is 69.9 Å². The average molecular weight is 406 g/mol. The molecule has 1 aromatic rings. The summed E-state index contributed by atoms with van der Waals surface area (Å²) in [4.78, 5) is 17.2. The van der Waals surface area contributed by atoms with Crippen molar-refractivity contribution in [3.63, 3.8) is 0 Å². The summed E-state index contributed by atoms with van der Waals surface area (Å²) in [5.74, 6) is 1.01. The molecule has 0 bridgehead atoms. The minimum absolute atomic E-state index is 0. The highest BCUT2D eigenvalue weighted by Crippen LogP contribution is 2.27. The van der Waals surface area contributed by atoms with Gasteiger partial charge >= 0.3 is 0 Å². The number of halogens is 2. The maximum atomic E-state index is 13.0. The molecule has 0 aliphatic carbocycles. The van der Waals surface area contributed by atoms with Gasteiger partial charge in [-0.25, -0.2) is 0 Å². The minimum atomic E-state index is -0.636. The highest BCUT2D eigenvalue weighted by molar-refractivity contribution is 5.86. The Bertz CT molecular complexity index is 575. The Labute approximate surface area is 168 Å². The van der Waals surface area contributed by atoms with Crippen LogP contribution >= 0.6 is 24.8 Å². The number of hydrogen-bond acceptors (Lipinski definition) is 5. The van der Waals surface area contributed by atoms with Crippen LogP contribution in [0.2, 0.25) is 0 Å². The predicted molar refractivity (Wildman–Crippen MR) is 108 cm³/mol. The Morgan fingerprint density at radius 2 is 1.73 bits per heavy atom. The third-order valence-electron chi connectivity index (χ3n) is 5.18. The Morgan fingerprint density at radius 1 is 1.08 bits per heavy atom. The molecule has 0 aromatic heterocycles. The third kappa shape index (κ3) is 4.74. The molecule has 2 saturated heterocycles. The smallest absolute Gasteiger partial charge is 0.255 e. The zero-order chi connectivity index (χ0) is 17.0. The van der Waals surface area contributed by atoms with E-state index < -0.39 is 5.60 Å². The van der Waals surface area contributed by atoms with E-state index in [1.54, 1.807) is 14.2 Å². The van der Waals surface area contributed by atoms with Crippen molar-refractivity contribution >= 4 is 36.4 Å². The molecular weight excluding hydrogens is 377 g/mol. The second-order valence-electron chi connectivity index (χ2n) is 6.43. The van der Waals surface area contributed by atoms with Crippen LogP contribution in [0.5, 0.6) is 5.75 Å². The number of hydrogen-bond donors (Lipinski definition) is 1. The van der Waals surface area contributed by atoms with Crippen LogP contribution in [0.3, 0.4) is 0 Å². The van der Waals surface area contributed by atoms with Crippen LogP contribution in [0.15, 0.2) is 24.3 Å². The fourth-order valence-electron chi connectivity index (χ4n) is 3.60. The molecule has 2 heterocycles. The number of carbonyl (C=O) groups is 1. The highest BCUT2D eigenvalue weighted by Gasteiger charge is 2.42. The molecule has 0 radical (unpaired) electrons. The van der Waals surface area contributed by atoms with E-state index in [0.717, 1.165) is 63.5 Å². The lowest BCUT2D eigenvalue weighted by molar-refractivity contribution is -0.158. The maximum Gasteiger partial charge on any atom is 0.255 e. The summed E-state index contributed by atoms with van der Waals surface area (Å²) in [6, 6.07) is 8.08. The van der Waals surface area contributed by atoms with E-state index in [1.807, 2.05) is 23.1 Å². The summed E-state index contributed by atoms with van der Waals surface area (Å²) < 4.78 is 11.0. The number of methoxy groups -OCH3 is 2. The van der Waals surface area contributed by atoms with E-state index in [-0.39, 0.29) is 30.7 Å². The van der Waals surface area contributed by atoms with E-state index >= 15 is 0 Å². The number of piperidine rings is 1. The Hall–Kier alpha value is -1.21. The molecule has 1 amide bonds. The molecule has 3 rings (SSSR count). The van der Waals surface area contributed by atoms with Crippen molar-refractivity contribution in [3.8, 4) is 5.75 Å². The molecule has 6 nitrogen and oxygen atoms in total. The zero-order valence-corrected chi connectivity index (χ0v) is 17.0. The lowest BCUT2D eigenvalue weighted by Gasteiger charge is -2.42. The van der Waals surface area contributed by atoms with Gasteiger partial charge in [0.2, 0.25) is 0 Å². The number of anilines is 1. The van der Waals surface area contributed by atoms with Gasteiger partial charge in [-0.3, -0.25) is 4.79 Å². The van der Waals surface area contributed by atoms with Gasteiger partial charge in [0.05, 0.1) is 7.11 Å².